The maximum absolute atomic E-state index is 12.4. The molecule has 0 amide bonds. The maximum atomic E-state index is 12.4. The van der Waals surface area contributed by atoms with Crippen LogP contribution >= 0.6 is 10.7 Å². The summed E-state index contributed by atoms with van der Waals surface area (Å²) in [7, 11) is -0.648. The first-order valence-electron chi connectivity index (χ1n) is 3.93. The lowest BCUT2D eigenvalue weighted by Crippen LogP contribution is -2.19. The lowest BCUT2D eigenvalue weighted by atomic mass is 10.2. The van der Waals surface area contributed by atoms with E-state index in [9.17, 15) is 34.8 Å². The van der Waals surface area contributed by atoms with Crippen molar-refractivity contribution in [2.45, 2.75) is 17.2 Å². The molecule has 0 aliphatic carbocycles. The van der Waals surface area contributed by atoms with Gasteiger partial charge in [-0.05, 0) is 6.07 Å². The Morgan fingerprint density at radius 3 is 1.89 bits per heavy atom. The van der Waals surface area contributed by atoms with Crippen molar-refractivity contribution in [2.75, 3.05) is 0 Å². The largest absolute Gasteiger partial charge is 0.434 e. The number of pyridine rings is 1. The van der Waals surface area contributed by atoms with Crippen LogP contribution < -0.4 is 0 Å². The van der Waals surface area contributed by atoms with E-state index >= 15 is 0 Å². The summed E-state index contributed by atoms with van der Waals surface area (Å²) in [5.41, 5.74) is -4.22. The van der Waals surface area contributed by atoms with Crippen molar-refractivity contribution in [2.24, 2.45) is 0 Å². The molecular weight excluding hydrogens is 312 g/mol. The van der Waals surface area contributed by atoms with Gasteiger partial charge in [-0.1, -0.05) is 0 Å². The predicted molar refractivity (Wildman–Crippen MR) is 47.3 cm³/mol. The summed E-state index contributed by atoms with van der Waals surface area (Å²) in [6.07, 6.45) is -10.5. The summed E-state index contributed by atoms with van der Waals surface area (Å²) in [5, 5.41) is 0. The molecule has 0 saturated carbocycles. The van der Waals surface area contributed by atoms with Crippen LogP contribution in [-0.4, -0.2) is 13.4 Å². The van der Waals surface area contributed by atoms with Crippen LogP contribution in [0.5, 0.6) is 0 Å². The standard InChI is InChI=1S/C7H2ClF6NO2S/c8-18(16,17)4-3(6(9,10)11)1-2-15-5(4)7(12,13)14/h1-2H. The number of hydrogen-bond acceptors (Lipinski definition) is 3. The summed E-state index contributed by atoms with van der Waals surface area (Å²) < 4.78 is 96.3. The van der Waals surface area contributed by atoms with Gasteiger partial charge in [0, 0.05) is 16.9 Å². The third-order valence-electron chi connectivity index (χ3n) is 1.72. The molecule has 1 rings (SSSR count). The fourth-order valence-corrected chi connectivity index (χ4v) is 2.43. The van der Waals surface area contributed by atoms with Crippen molar-refractivity contribution in [3.8, 4) is 0 Å². The number of halogens is 7. The van der Waals surface area contributed by atoms with Crippen molar-refractivity contribution < 1.29 is 34.8 Å². The smallest absolute Gasteiger partial charge is 0.250 e. The first-order valence-corrected chi connectivity index (χ1v) is 6.24. The zero-order chi connectivity index (χ0) is 14.4. The van der Waals surface area contributed by atoms with E-state index in [-0.39, 0.29) is 12.3 Å². The Hall–Kier alpha value is -1.03. The monoisotopic (exact) mass is 313 g/mol. The van der Waals surface area contributed by atoms with Crippen LogP contribution in [0.25, 0.3) is 0 Å². The first-order chi connectivity index (χ1) is 7.85. The molecule has 3 nitrogen and oxygen atoms in total. The molecule has 102 valence electrons. The van der Waals surface area contributed by atoms with Gasteiger partial charge in [0.1, 0.15) is 4.90 Å². The van der Waals surface area contributed by atoms with E-state index in [1.54, 1.807) is 0 Å². The molecule has 0 aliphatic rings. The van der Waals surface area contributed by atoms with Crippen LogP contribution in [0.1, 0.15) is 11.3 Å². The Morgan fingerprint density at radius 1 is 1.06 bits per heavy atom. The van der Waals surface area contributed by atoms with E-state index in [2.05, 4.69) is 15.7 Å². The highest BCUT2D eigenvalue weighted by molar-refractivity contribution is 8.13. The molecule has 0 aromatic carbocycles. The van der Waals surface area contributed by atoms with Crippen LogP contribution in [-0.2, 0) is 21.4 Å². The Morgan fingerprint density at radius 2 is 1.56 bits per heavy atom. The Balaban J connectivity index is 3.79. The van der Waals surface area contributed by atoms with Crippen molar-refractivity contribution >= 4 is 19.7 Å². The zero-order valence-electron chi connectivity index (χ0n) is 7.97. The molecule has 1 heterocycles. The quantitative estimate of drug-likeness (QED) is 0.591. The SMILES string of the molecule is O=S(=O)(Cl)c1c(C(F)(F)F)ccnc1C(F)(F)F. The molecule has 1 aromatic rings. The van der Waals surface area contributed by atoms with E-state index in [0.717, 1.165) is 0 Å². The topological polar surface area (TPSA) is 47.0 Å². The van der Waals surface area contributed by atoms with Crippen LogP contribution in [0.15, 0.2) is 17.2 Å². The van der Waals surface area contributed by atoms with E-state index in [1.165, 1.54) is 0 Å². The highest BCUT2D eigenvalue weighted by Gasteiger charge is 2.45. The molecule has 1 aromatic heterocycles. The summed E-state index contributed by atoms with van der Waals surface area (Å²) >= 11 is 0. The van der Waals surface area contributed by atoms with Crippen LogP contribution in [0.3, 0.4) is 0 Å². The molecule has 0 spiro atoms. The van der Waals surface area contributed by atoms with Crippen molar-refractivity contribution in [3.63, 3.8) is 0 Å². The predicted octanol–water partition coefficient (Wildman–Crippen LogP) is 3.05. The van der Waals surface area contributed by atoms with E-state index < -0.39 is 37.6 Å². The molecule has 18 heavy (non-hydrogen) atoms. The molecule has 0 N–H and O–H groups in total. The fraction of sp³-hybridized carbons (Fsp3) is 0.286. The molecule has 11 heteroatoms. The normalized spacial score (nSPS) is 13.7. The number of aromatic nitrogens is 1. The third kappa shape index (κ3) is 3.05. The highest BCUT2D eigenvalue weighted by atomic mass is 35.7. The number of hydrogen-bond donors (Lipinski definition) is 0. The molecule has 0 fully saturated rings. The number of alkyl halides is 6. The molecule has 0 unspecified atom stereocenters. The van der Waals surface area contributed by atoms with Gasteiger partial charge in [0.2, 0.25) is 0 Å². The number of nitrogens with zero attached hydrogens (tertiary/aromatic N) is 1. The molecule has 0 atom stereocenters. The lowest BCUT2D eigenvalue weighted by molar-refractivity contribution is -0.150. The maximum Gasteiger partial charge on any atom is 0.434 e. The van der Waals surface area contributed by atoms with E-state index in [1.807, 2.05) is 0 Å². The second kappa shape index (κ2) is 4.26. The lowest BCUT2D eigenvalue weighted by Gasteiger charge is -2.15. The molecule has 0 bridgehead atoms. The molecule has 0 aliphatic heterocycles. The minimum atomic E-state index is -5.38. The average molecular weight is 314 g/mol. The average Bonchev–Trinajstić information content (AvgIpc) is 2.12. The minimum Gasteiger partial charge on any atom is -0.250 e. The summed E-state index contributed by atoms with van der Waals surface area (Å²) in [6, 6.07) is 0.102. The molecule has 0 radical (unpaired) electrons. The Labute approximate surface area is 101 Å². The van der Waals surface area contributed by atoms with Gasteiger partial charge in [0.15, 0.2) is 5.69 Å². The van der Waals surface area contributed by atoms with Gasteiger partial charge in [0.25, 0.3) is 9.05 Å². The second-order valence-electron chi connectivity index (χ2n) is 2.97. The Bertz CT molecular complexity index is 532. The molecule has 0 saturated heterocycles. The van der Waals surface area contributed by atoms with Crippen LogP contribution in [0, 0.1) is 0 Å². The van der Waals surface area contributed by atoms with Crippen molar-refractivity contribution in [1.82, 2.24) is 4.98 Å². The zero-order valence-corrected chi connectivity index (χ0v) is 9.54. The van der Waals surface area contributed by atoms with Gasteiger partial charge in [0.05, 0.1) is 5.56 Å². The van der Waals surface area contributed by atoms with Gasteiger partial charge >= 0.3 is 12.4 Å². The van der Waals surface area contributed by atoms with E-state index in [4.69, 9.17) is 0 Å². The molecular formula is C7H2ClF6NO2S. The number of rotatable bonds is 1. The Kier molecular flexibility index (Phi) is 3.56. The van der Waals surface area contributed by atoms with Gasteiger partial charge in [-0.15, -0.1) is 0 Å². The van der Waals surface area contributed by atoms with Gasteiger partial charge in [-0.3, -0.25) is 4.98 Å². The summed E-state index contributed by atoms with van der Waals surface area (Å²) in [6.45, 7) is 0. The van der Waals surface area contributed by atoms with E-state index in [0.29, 0.717) is 0 Å². The fourth-order valence-electron chi connectivity index (χ4n) is 1.12. The highest BCUT2D eigenvalue weighted by Crippen LogP contribution is 2.41. The van der Waals surface area contributed by atoms with Crippen LogP contribution in [0.4, 0.5) is 26.3 Å². The van der Waals surface area contributed by atoms with Crippen molar-refractivity contribution in [1.29, 1.82) is 0 Å². The second-order valence-corrected chi connectivity index (χ2v) is 5.47. The van der Waals surface area contributed by atoms with Crippen molar-refractivity contribution in [3.05, 3.63) is 23.5 Å². The summed E-state index contributed by atoms with van der Waals surface area (Å²) in [4.78, 5) is 0.511. The van der Waals surface area contributed by atoms with Gasteiger partial charge < -0.3 is 0 Å². The summed E-state index contributed by atoms with van der Waals surface area (Å²) in [5.74, 6) is 0. The van der Waals surface area contributed by atoms with Gasteiger partial charge in [-0.25, -0.2) is 8.42 Å². The van der Waals surface area contributed by atoms with Gasteiger partial charge in [-0.2, -0.15) is 26.3 Å². The first kappa shape index (κ1) is 15.0. The van der Waals surface area contributed by atoms with Crippen LogP contribution in [0.2, 0.25) is 0 Å². The third-order valence-corrected chi connectivity index (χ3v) is 3.09. The minimum absolute atomic E-state index is 0.102.